The standard InChI is InChI=1S/C14H16N2O4/c1-9(2)16-11(10(7-15-16)14(18)19)8-20-13-6-4-3-5-12(13)17/h3-7,9,17H,8H2,1-2H3,(H,18,19). The Hall–Kier alpha value is -2.50. The lowest BCUT2D eigenvalue weighted by atomic mass is 10.2. The number of phenolic OH excluding ortho intramolecular Hbond substituents is 1. The second-order valence-corrected chi connectivity index (χ2v) is 4.60. The van der Waals surface area contributed by atoms with E-state index in [4.69, 9.17) is 9.84 Å². The first-order valence-corrected chi connectivity index (χ1v) is 6.21. The second-order valence-electron chi connectivity index (χ2n) is 4.60. The van der Waals surface area contributed by atoms with Crippen LogP contribution in [0.25, 0.3) is 0 Å². The highest BCUT2D eigenvalue weighted by atomic mass is 16.5. The molecule has 1 aromatic heterocycles. The number of para-hydroxylation sites is 2. The summed E-state index contributed by atoms with van der Waals surface area (Å²) in [6.45, 7) is 3.83. The maximum Gasteiger partial charge on any atom is 0.339 e. The Morgan fingerprint density at radius 3 is 2.70 bits per heavy atom. The fourth-order valence-electron chi connectivity index (χ4n) is 1.88. The molecule has 1 aromatic carbocycles. The van der Waals surface area contributed by atoms with Crippen LogP contribution >= 0.6 is 0 Å². The number of ether oxygens (including phenoxy) is 1. The summed E-state index contributed by atoms with van der Waals surface area (Å²) in [6.07, 6.45) is 1.31. The van der Waals surface area contributed by atoms with Gasteiger partial charge in [0.15, 0.2) is 11.5 Å². The molecule has 0 radical (unpaired) electrons. The maximum atomic E-state index is 11.2. The molecule has 2 N–H and O–H groups in total. The van der Waals surface area contributed by atoms with Crippen molar-refractivity contribution in [2.45, 2.75) is 26.5 Å². The quantitative estimate of drug-likeness (QED) is 0.876. The van der Waals surface area contributed by atoms with Crippen LogP contribution in [0, 0.1) is 0 Å². The molecule has 0 unspecified atom stereocenters. The summed E-state index contributed by atoms with van der Waals surface area (Å²) in [4.78, 5) is 11.2. The number of hydrogen-bond donors (Lipinski definition) is 2. The summed E-state index contributed by atoms with van der Waals surface area (Å²) in [5, 5.41) is 22.9. The average molecular weight is 276 g/mol. The van der Waals surface area contributed by atoms with E-state index in [0.717, 1.165) is 0 Å². The van der Waals surface area contributed by atoms with Gasteiger partial charge in [-0.05, 0) is 26.0 Å². The van der Waals surface area contributed by atoms with Crippen molar-refractivity contribution in [3.05, 3.63) is 41.7 Å². The molecule has 0 aliphatic carbocycles. The molecule has 1 heterocycles. The summed E-state index contributed by atoms with van der Waals surface area (Å²) in [7, 11) is 0. The molecule has 106 valence electrons. The van der Waals surface area contributed by atoms with Crippen LogP contribution in [0.4, 0.5) is 0 Å². The Bertz CT molecular complexity index is 619. The minimum absolute atomic E-state index is 0.0139. The Labute approximate surface area is 116 Å². The van der Waals surface area contributed by atoms with Gasteiger partial charge in [-0.1, -0.05) is 12.1 Å². The molecule has 20 heavy (non-hydrogen) atoms. The lowest BCUT2D eigenvalue weighted by Gasteiger charge is -2.13. The molecule has 0 saturated carbocycles. The zero-order valence-electron chi connectivity index (χ0n) is 11.3. The van der Waals surface area contributed by atoms with Gasteiger partial charge < -0.3 is 14.9 Å². The van der Waals surface area contributed by atoms with Gasteiger partial charge in [0.25, 0.3) is 0 Å². The summed E-state index contributed by atoms with van der Waals surface area (Å²) in [6, 6.07) is 6.56. The highest BCUT2D eigenvalue weighted by Crippen LogP contribution is 2.26. The van der Waals surface area contributed by atoms with E-state index in [2.05, 4.69) is 5.10 Å². The van der Waals surface area contributed by atoms with Crippen LogP contribution in [-0.4, -0.2) is 26.0 Å². The molecule has 0 aliphatic rings. The van der Waals surface area contributed by atoms with E-state index in [-0.39, 0.29) is 24.0 Å². The molecular weight excluding hydrogens is 260 g/mol. The maximum absolute atomic E-state index is 11.2. The van der Waals surface area contributed by atoms with E-state index in [1.54, 1.807) is 22.9 Å². The average Bonchev–Trinajstić information content (AvgIpc) is 2.82. The highest BCUT2D eigenvalue weighted by molar-refractivity contribution is 5.88. The third kappa shape index (κ3) is 2.74. The fourth-order valence-corrected chi connectivity index (χ4v) is 1.88. The van der Waals surface area contributed by atoms with Gasteiger partial charge in [0, 0.05) is 6.04 Å². The lowest BCUT2D eigenvalue weighted by Crippen LogP contribution is -2.13. The molecule has 0 fully saturated rings. The number of carbonyl (C=O) groups is 1. The Morgan fingerprint density at radius 2 is 2.10 bits per heavy atom. The Morgan fingerprint density at radius 1 is 1.40 bits per heavy atom. The van der Waals surface area contributed by atoms with Crippen LogP contribution in [-0.2, 0) is 6.61 Å². The van der Waals surface area contributed by atoms with E-state index in [9.17, 15) is 9.90 Å². The van der Waals surface area contributed by atoms with Crippen LogP contribution < -0.4 is 4.74 Å². The number of aromatic nitrogens is 2. The molecule has 6 heteroatoms. The topological polar surface area (TPSA) is 84.6 Å². The van der Waals surface area contributed by atoms with Crippen LogP contribution in [0.15, 0.2) is 30.5 Å². The first kappa shape index (κ1) is 13.9. The van der Waals surface area contributed by atoms with Crippen molar-refractivity contribution in [1.29, 1.82) is 0 Å². The van der Waals surface area contributed by atoms with Crippen LogP contribution in [0.5, 0.6) is 11.5 Å². The van der Waals surface area contributed by atoms with Crippen molar-refractivity contribution >= 4 is 5.97 Å². The van der Waals surface area contributed by atoms with Gasteiger partial charge in [0.2, 0.25) is 0 Å². The zero-order chi connectivity index (χ0) is 14.7. The Kier molecular flexibility index (Phi) is 3.93. The van der Waals surface area contributed by atoms with Gasteiger partial charge in [0.1, 0.15) is 12.2 Å². The molecular formula is C14H16N2O4. The fraction of sp³-hybridized carbons (Fsp3) is 0.286. The summed E-state index contributed by atoms with van der Waals surface area (Å²) in [5.41, 5.74) is 0.574. The SMILES string of the molecule is CC(C)n1ncc(C(=O)O)c1COc1ccccc1O. The zero-order valence-corrected chi connectivity index (χ0v) is 11.3. The number of benzene rings is 1. The number of hydrogen-bond acceptors (Lipinski definition) is 4. The number of aromatic carboxylic acids is 1. The minimum atomic E-state index is -1.05. The molecule has 0 amide bonds. The summed E-state index contributed by atoms with van der Waals surface area (Å²) < 4.78 is 7.09. The number of carboxylic acid groups (broad SMARTS) is 1. The van der Waals surface area contributed by atoms with Gasteiger partial charge in [-0.3, -0.25) is 4.68 Å². The van der Waals surface area contributed by atoms with Gasteiger partial charge >= 0.3 is 5.97 Å². The van der Waals surface area contributed by atoms with Gasteiger partial charge in [0.05, 0.1) is 11.9 Å². The minimum Gasteiger partial charge on any atom is -0.504 e. The highest BCUT2D eigenvalue weighted by Gasteiger charge is 2.19. The van der Waals surface area contributed by atoms with E-state index in [1.165, 1.54) is 12.3 Å². The van der Waals surface area contributed by atoms with Crippen molar-refractivity contribution in [1.82, 2.24) is 9.78 Å². The molecule has 6 nitrogen and oxygen atoms in total. The van der Waals surface area contributed by atoms with E-state index >= 15 is 0 Å². The number of aromatic hydroxyl groups is 1. The predicted molar refractivity (Wildman–Crippen MR) is 72.0 cm³/mol. The van der Waals surface area contributed by atoms with E-state index in [1.807, 2.05) is 13.8 Å². The number of nitrogens with zero attached hydrogens (tertiary/aromatic N) is 2. The van der Waals surface area contributed by atoms with Crippen LogP contribution in [0.3, 0.4) is 0 Å². The largest absolute Gasteiger partial charge is 0.504 e. The van der Waals surface area contributed by atoms with Gasteiger partial charge in [-0.15, -0.1) is 0 Å². The second kappa shape index (κ2) is 5.64. The van der Waals surface area contributed by atoms with Crippen LogP contribution in [0.1, 0.15) is 35.9 Å². The van der Waals surface area contributed by atoms with Crippen LogP contribution in [0.2, 0.25) is 0 Å². The molecule has 0 saturated heterocycles. The van der Waals surface area contributed by atoms with E-state index < -0.39 is 5.97 Å². The molecule has 2 rings (SSSR count). The third-order valence-electron chi connectivity index (χ3n) is 2.85. The van der Waals surface area contributed by atoms with Gasteiger partial charge in [-0.25, -0.2) is 4.79 Å². The Balaban J connectivity index is 2.26. The predicted octanol–water partition coefficient (Wildman–Crippen LogP) is 2.45. The number of carboxylic acids is 1. The molecule has 0 spiro atoms. The normalized spacial score (nSPS) is 10.8. The molecule has 0 atom stereocenters. The first-order valence-electron chi connectivity index (χ1n) is 6.21. The number of rotatable bonds is 5. The summed E-state index contributed by atoms with van der Waals surface area (Å²) in [5.74, 6) is -0.729. The van der Waals surface area contributed by atoms with E-state index in [0.29, 0.717) is 11.4 Å². The lowest BCUT2D eigenvalue weighted by molar-refractivity contribution is 0.0693. The van der Waals surface area contributed by atoms with Crippen molar-refractivity contribution in [3.63, 3.8) is 0 Å². The van der Waals surface area contributed by atoms with Crippen molar-refractivity contribution in [3.8, 4) is 11.5 Å². The molecule has 2 aromatic rings. The van der Waals surface area contributed by atoms with Crippen molar-refractivity contribution in [2.75, 3.05) is 0 Å². The van der Waals surface area contributed by atoms with Gasteiger partial charge in [-0.2, -0.15) is 5.10 Å². The summed E-state index contributed by atoms with van der Waals surface area (Å²) >= 11 is 0. The third-order valence-corrected chi connectivity index (χ3v) is 2.85. The smallest absolute Gasteiger partial charge is 0.339 e. The molecule has 0 aliphatic heterocycles. The number of phenols is 1. The monoisotopic (exact) mass is 276 g/mol. The van der Waals surface area contributed by atoms with Crippen molar-refractivity contribution < 1.29 is 19.7 Å². The van der Waals surface area contributed by atoms with Crippen molar-refractivity contribution in [2.24, 2.45) is 0 Å². The first-order chi connectivity index (χ1) is 9.50. The molecule has 0 bridgehead atoms.